The largest absolute Gasteiger partial charge is 0.494 e. The summed E-state index contributed by atoms with van der Waals surface area (Å²) in [5, 5.41) is 2.89. The highest BCUT2D eigenvalue weighted by Gasteiger charge is 2.25. The van der Waals surface area contributed by atoms with Crippen LogP contribution in [0.5, 0.6) is 5.75 Å². The zero-order valence-electron chi connectivity index (χ0n) is 14.0. The Morgan fingerprint density at radius 1 is 1.40 bits per heavy atom. The number of nitrogens with one attached hydrogen (secondary N) is 1. The minimum atomic E-state index is -0.550. The number of thioether (sulfide) groups is 1. The van der Waals surface area contributed by atoms with Gasteiger partial charge in [-0.2, -0.15) is 11.8 Å². The summed E-state index contributed by atoms with van der Waals surface area (Å²) in [6, 6.07) is 7.94. The maximum absolute atomic E-state index is 13.8. The Morgan fingerprint density at radius 3 is 2.84 bits per heavy atom. The number of halogens is 1. The van der Waals surface area contributed by atoms with Gasteiger partial charge in [0.15, 0.2) is 11.6 Å². The van der Waals surface area contributed by atoms with Crippen LogP contribution in [-0.2, 0) is 0 Å². The Morgan fingerprint density at radius 2 is 2.20 bits per heavy atom. The minimum Gasteiger partial charge on any atom is -0.494 e. The highest BCUT2D eigenvalue weighted by molar-refractivity contribution is 7.99. The smallest absolute Gasteiger partial charge is 0.251 e. The average molecular weight is 364 g/mol. The second kappa shape index (κ2) is 8.40. The van der Waals surface area contributed by atoms with Crippen molar-refractivity contribution in [3.8, 4) is 5.75 Å². The second-order valence-corrected chi connectivity index (χ2v) is 6.96. The zero-order valence-corrected chi connectivity index (χ0v) is 14.9. The summed E-state index contributed by atoms with van der Waals surface area (Å²) in [6.45, 7) is 2.30. The predicted octanol–water partition coefficient (Wildman–Crippen LogP) is 2.95. The molecule has 2 aromatic rings. The van der Waals surface area contributed by atoms with E-state index in [0.717, 1.165) is 30.4 Å². The second-order valence-electron chi connectivity index (χ2n) is 5.74. The first kappa shape index (κ1) is 17.8. The molecule has 1 N–H and O–H groups in total. The van der Waals surface area contributed by atoms with Gasteiger partial charge in [-0.1, -0.05) is 0 Å². The van der Waals surface area contributed by atoms with Gasteiger partial charge in [0, 0.05) is 36.7 Å². The van der Waals surface area contributed by atoms with Crippen molar-refractivity contribution in [2.75, 3.05) is 38.2 Å². The van der Waals surface area contributed by atoms with E-state index in [1.54, 1.807) is 12.3 Å². The molecule has 1 aromatic carbocycles. The molecule has 1 aliphatic rings. The third-order valence-electron chi connectivity index (χ3n) is 4.23. The van der Waals surface area contributed by atoms with Crippen molar-refractivity contribution >= 4 is 17.7 Å². The van der Waals surface area contributed by atoms with Crippen molar-refractivity contribution in [2.45, 2.75) is 6.04 Å². The maximum atomic E-state index is 13.8. The lowest BCUT2D eigenvalue weighted by atomic mass is 10.1. The molecule has 134 valence electrons. The lowest BCUT2D eigenvalue weighted by Crippen LogP contribution is -2.41. The zero-order chi connectivity index (χ0) is 17.6. The molecule has 0 aliphatic carbocycles. The number of methoxy groups -OCH3 is 1. The van der Waals surface area contributed by atoms with E-state index in [1.165, 1.54) is 19.2 Å². The van der Waals surface area contributed by atoms with E-state index >= 15 is 0 Å². The number of amides is 1. The standard InChI is InChI=1S/C18H21FN2O3S/c1-23-16-5-4-13(11-14(16)19)18(22)20-12-15(17-3-2-8-24-17)21-6-9-25-10-7-21/h2-5,8,11,15H,6-7,9-10,12H2,1H3,(H,20,22). The molecule has 1 atom stereocenters. The van der Waals surface area contributed by atoms with Crippen molar-refractivity contribution in [1.82, 2.24) is 10.2 Å². The van der Waals surface area contributed by atoms with Crippen molar-refractivity contribution < 1.29 is 18.3 Å². The fourth-order valence-corrected chi connectivity index (χ4v) is 3.81. The van der Waals surface area contributed by atoms with Crippen LogP contribution in [0.1, 0.15) is 22.2 Å². The summed E-state index contributed by atoms with van der Waals surface area (Å²) in [5.74, 6) is 2.21. The Balaban J connectivity index is 1.68. The fourth-order valence-electron chi connectivity index (χ4n) is 2.88. The summed E-state index contributed by atoms with van der Waals surface area (Å²) in [4.78, 5) is 14.7. The van der Waals surface area contributed by atoms with Crippen LogP contribution >= 0.6 is 11.8 Å². The molecule has 1 aliphatic heterocycles. The molecular weight excluding hydrogens is 343 g/mol. The number of benzene rings is 1. The predicted molar refractivity (Wildman–Crippen MR) is 95.6 cm³/mol. The summed E-state index contributed by atoms with van der Waals surface area (Å²) in [5.41, 5.74) is 0.269. The molecule has 0 bridgehead atoms. The molecule has 1 saturated heterocycles. The number of carbonyl (C=O) groups excluding carboxylic acids is 1. The van der Waals surface area contributed by atoms with E-state index in [2.05, 4.69) is 10.2 Å². The Hall–Kier alpha value is -1.99. The molecule has 2 heterocycles. The summed E-state index contributed by atoms with van der Waals surface area (Å²) in [7, 11) is 1.39. The monoisotopic (exact) mass is 364 g/mol. The van der Waals surface area contributed by atoms with Crippen LogP contribution in [0.15, 0.2) is 41.0 Å². The quantitative estimate of drug-likeness (QED) is 0.854. The molecule has 25 heavy (non-hydrogen) atoms. The van der Waals surface area contributed by atoms with Crippen LogP contribution < -0.4 is 10.1 Å². The minimum absolute atomic E-state index is 0.0251. The summed E-state index contributed by atoms with van der Waals surface area (Å²) >= 11 is 1.93. The summed E-state index contributed by atoms with van der Waals surface area (Å²) < 4.78 is 24.2. The Bertz CT molecular complexity index is 702. The third-order valence-corrected chi connectivity index (χ3v) is 5.17. The van der Waals surface area contributed by atoms with E-state index < -0.39 is 5.82 Å². The maximum Gasteiger partial charge on any atom is 0.251 e. The lowest BCUT2D eigenvalue weighted by molar-refractivity contribution is 0.0929. The lowest BCUT2D eigenvalue weighted by Gasteiger charge is -2.33. The van der Waals surface area contributed by atoms with E-state index in [0.29, 0.717) is 6.54 Å². The van der Waals surface area contributed by atoms with E-state index in [9.17, 15) is 9.18 Å². The Labute approximate surface area is 150 Å². The van der Waals surface area contributed by atoms with Gasteiger partial charge in [0.1, 0.15) is 5.76 Å². The van der Waals surface area contributed by atoms with E-state index in [4.69, 9.17) is 9.15 Å². The molecule has 0 spiro atoms. The van der Waals surface area contributed by atoms with Crippen molar-refractivity contribution in [2.24, 2.45) is 0 Å². The molecule has 0 radical (unpaired) electrons. The van der Waals surface area contributed by atoms with Crippen LogP contribution in [-0.4, -0.2) is 49.1 Å². The van der Waals surface area contributed by atoms with E-state index in [1.807, 2.05) is 23.9 Å². The molecule has 5 nitrogen and oxygen atoms in total. The van der Waals surface area contributed by atoms with Gasteiger partial charge in [0.2, 0.25) is 0 Å². The van der Waals surface area contributed by atoms with Gasteiger partial charge in [0.05, 0.1) is 19.4 Å². The van der Waals surface area contributed by atoms with Gasteiger partial charge < -0.3 is 14.5 Å². The van der Waals surface area contributed by atoms with Crippen LogP contribution in [0.2, 0.25) is 0 Å². The number of carbonyl (C=O) groups is 1. The topological polar surface area (TPSA) is 54.7 Å². The highest BCUT2D eigenvalue weighted by Crippen LogP contribution is 2.24. The van der Waals surface area contributed by atoms with Crippen LogP contribution in [0.3, 0.4) is 0 Å². The van der Waals surface area contributed by atoms with Crippen LogP contribution in [0.25, 0.3) is 0 Å². The molecule has 1 fully saturated rings. The number of hydrogen-bond donors (Lipinski definition) is 1. The van der Waals surface area contributed by atoms with Crippen molar-refractivity contribution in [3.05, 3.63) is 53.7 Å². The molecule has 1 aromatic heterocycles. The Kier molecular flexibility index (Phi) is 5.99. The highest BCUT2D eigenvalue weighted by atomic mass is 32.2. The number of furan rings is 1. The van der Waals surface area contributed by atoms with Gasteiger partial charge in [-0.3, -0.25) is 9.69 Å². The number of hydrogen-bond acceptors (Lipinski definition) is 5. The van der Waals surface area contributed by atoms with Crippen molar-refractivity contribution in [3.63, 3.8) is 0 Å². The van der Waals surface area contributed by atoms with Gasteiger partial charge in [0.25, 0.3) is 5.91 Å². The third kappa shape index (κ3) is 4.35. The molecule has 7 heteroatoms. The first-order valence-corrected chi connectivity index (χ1v) is 9.31. The molecule has 1 unspecified atom stereocenters. The van der Waals surface area contributed by atoms with Gasteiger partial charge >= 0.3 is 0 Å². The molecule has 3 rings (SSSR count). The average Bonchev–Trinajstić information content (AvgIpc) is 3.17. The number of rotatable bonds is 6. The molecule has 0 saturated carbocycles. The van der Waals surface area contributed by atoms with Gasteiger partial charge in [-0.25, -0.2) is 4.39 Å². The molecular formula is C18H21FN2O3S. The first-order chi connectivity index (χ1) is 12.2. The fraction of sp³-hybridized carbons (Fsp3) is 0.389. The van der Waals surface area contributed by atoms with E-state index in [-0.39, 0.29) is 23.3 Å². The normalized spacial score (nSPS) is 16.4. The SMILES string of the molecule is COc1ccc(C(=O)NCC(c2ccco2)N2CCSCC2)cc1F. The first-order valence-electron chi connectivity index (χ1n) is 8.16. The number of ether oxygens (including phenoxy) is 1. The van der Waals surface area contributed by atoms with Crippen molar-refractivity contribution in [1.29, 1.82) is 0 Å². The van der Waals surface area contributed by atoms with Gasteiger partial charge in [-0.15, -0.1) is 0 Å². The van der Waals surface area contributed by atoms with Crippen LogP contribution in [0, 0.1) is 5.82 Å². The van der Waals surface area contributed by atoms with Crippen LogP contribution in [0.4, 0.5) is 4.39 Å². The number of nitrogens with zero attached hydrogens (tertiary/aromatic N) is 1. The summed E-state index contributed by atoms with van der Waals surface area (Å²) in [6.07, 6.45) is 1.64. The van der Waals surface area contributed by atoms with Gasteiger partial charge in [-0.05, 0) is 30.3 Å². The molecule has 1 amide bonds.